The maximum Gasteiger partial charge on any atom is 0.166 e. The van der Waals surface area contributed by atoms with Crippen molar-refractivity contribution in [2.24, 2.45) is 0 Å². The highest BCUT2D eigenvalue weighted by atomic mass is 32.1. The first-order chi connectivity index (χ1) is 9.24. The number of piperidine rings is 1. The van der Waals surface area contributed by atoms with E-state index in [1.807, 2.05) is 0 Å². The van der Waals surface area contributed by atoms with Gasteiger partial charge in [-0.05, 0) is 51.4 Å². The Morgan fingerprint density at radius 3 is 2.68 bits per heavy atom. The highest BCUT2D eigenvalue weighted by Crippen LogP contribution is 2.15. The lowest BCUT2D eigenvalue weighted by Gasteiger charge is -2.33. The zero-order valence-corrected chi connectivity index (χ0v) is 13.2. The summed E-state index contributed by atoms with van der Waals surface area (Å²) in [6.45, 7) is 7.40. The summed E-state index contributed by atoms with van der Waals surface area (Å²) in [7, 11) is 1.72. The molecule has 1 aliphatic rings. The molecule has 19 heavy (non-hydrogen) atoms. The summed E-state index contributed by atoms with van der Waals surface area (Å²) < 4.78 is 4.99. The van der Waals surface area contributed by atoms with Crippen molar-refractivity contribution >= 4 is 17.3 Å². The van der Waals surface area contributed by atoms with E-state index < -0.39 is 0 Å². The van der Waals surface area contributed by atoms with Crippen LogP contribution in [0.4, 0.5) is 0 Å². The molecule has 2 N–H and O–H groups in total. The summed E-state index contributed by atoms with van der Waals surface area (Å²) in [4.78, 5) is 2.60. The molecule has 0 spiro atoms. The van der Waals surface area contributed by atoms with Gasteiger partial charge in [-0.2, -0.15) is 0 Å². The number of nitrogens with zero attached hydrogens (tertiary/aromatic N) is 1. The SMILES string of the molecule is COCCCNC(=S)NCCCN1CCCCC1C. The third kappa shape index (κ3) is 7.70. The molecule has 0 aromatic rings. The van der Waals surface area contributed by atoms with Crippen LogP contribution >= 0.6 is 12.2 Å². The first-order valence-corrected chi connectivity index (χ1v) is 7.89. The smallest absolute Gasteiger partial charge is 0.166 e. The molecule has 1 aliphatic heterocycles. The van der Waals surface area contributed by atoms with Gasteiger partial charge in [0.25, 0.3) is 0 Å². The third-order valence-electron chi connectivity index (χ3n) is 3.66. The summed E-state index contributed by atoms with van der Waals surface area (Å²) >= 11 is 5.22. The van der Waals surface area contributed by atoms with E-state index >= 15 is 0 Å². The summed E-state index contributed by atoms with van der Waals surface area (Å²) in [5.41, 5.74) is 0. The quantitative estimate of drug-likeness (QED) is 0.525. The lowest BCUT2D eigenvalue weighted by Crippen LogP contribution is -2.40. The van der Waals surface area contributed by atoms with Crippen molar-refractivity contribution in [3.8, 4) is 0 Å². The second-order valence-corrected chi connectivity index (χ2v) is 5.67. The standard InChI is InChI=1S/C14H29N3OS/c1-13-7-3-4-10-17(13)11-5-8-15-14(19)16-9-6-12-18-2/h13H,3-12H2,1-2H3,(H2,15,16,19). The largest absolute Gasteiger partial charge is 0.385 e. The Hall–Kier alpha value is -0.390. The molecular weight excluding hydrogens is 258 g/mol. The normalized spacial score (nSPS) is 20.2. The predicted molar refractivity (Wildman–Crippen MR) is 84.6 cm³/mol. The van der Waals surface area contributed by atoms with Gasteiger partial charge >= 0.3 is 0 Å². The molecule has 1 rings (SSSR count). The van der Waals surface area contributed by atoms with Crippen molar-refractivity contribution in [2.45, 2.75) is 45.1 Å². The fraction of sp³-hybridized carbons (Fsp3) is 0.929. The number of thiocarbonyl (C=S) groups is 1. The van der Waals surface area contributed by atoms with Crippen molar-refractivity contribution in [1.29, 1.82) is 0 Å². The Balaban J connectivity index is 1.96. The number of ether oxygens (including phenoxy) is 1. The van der Waals surface area contributed by atoms with Gasteiger partial charge in [0.15, 0.2) is 5.11 Å². The van der Waals surface area contributed by atoms with Crippen LogP contribution in [-0.4, -0.2) is 55.9 Å². The third-order valence-corrected chi connectivity index (χ3v) is 3.95. The van der Waals surface area contributed by atoms with Crippen LogP contribution in [-0.2, 0) is 4.74 Å². The van der Waals surface area contributed by atoms with Gasteiger partial charge < -0.3 is 20.3 Å². The average Bonchev–Trinajstić information content (AvgIpc) is 2.41. The van der Waals surface area contributed by atoms with E-state index in [0.717, 1.165) is 43.7 Å². The molecule has 0 aromatic heterocycles. The highest BCUT2D eigenvalue weighted by molar-refractivity contribution is 7.80. The van der Waals surface area contributed by atoms with Crippen molar-refractivity contribution in [1.82, 2.24) is 15.5 Å². The Bertz CT molecular complexity index is 251. The molecular formula is C14H29N3OS. The second-order valence-electron chi connectivity index (χ2n) is 5.26. The van der Waals surface area contributed by atoms with Crippen LogP contribution in [0.3, 0.4) is 0 Å². The minimum Gasteiger partial charge on any atom is -0.385 e. The van der Waals surface area contributed by atoms with Crippen LogP contribution in [0.2, 0.25) is 0 Å². The number of rotatable bonds is 8. The Kier molecular flexibility index (Phi) is 9.12. The van der Waals surface area contributed by atoms with E-state index in [-0.39, 0.29) is 0 Å². The molecule has 1 unspecified atom stereocenters. The number of hydrogen-bond acceptors (Lipinski definition) is 3. The monoisotopic (exact) mass is 287 g/mol. The van der Waals surface area contributed by atoms with Gasteiger partial charge in [-0.25, -0.2) is 0 Å². The fourth-order valence-corrected chi connectivity index (χ4v) is 2.66. The number of hydrogen-bond donors (Lipinski definition) is 2. The maximum atomic E-state index is 5.22. The Labute approximate surface area is 123 Å². The molecule has 0 bridgehead atoms. The molecule has 1 heterocycles. The van der Waals surface area contributed by atoms with Gasteiger partial charge in [-0.15, -0.1) is 0 Å². The molecule has 5 heteroatoms. The maximum absolute atomic E-state index is 5.22. The lowest BCUT2D eigenvalue weighted by atomic mass is 10.0. The summed E-state index contributed by atoms with van der Waals surface area (Å²) in [6, 6.07) is 0.757. The molecule has 112 valence electrons. The number of methoxy groups -OCH3 is 1. The topological polar surface area (TPSA) is 36.5 Å². The van der Waals surface area contributed by atoms with E-state index in [4.69, 9.17) is 17.0 Å². The molecule has 1 fully saturated rings. The second kappa shape index (κ2) is 10.4. The summed E-state index contributed by atoms with van der Waals surface area (Å²) in [5, 5.41) is 7.22. The molecule has 0 aromatic carbocycles. The predicted octanol–water partition coefficient (Wildman–Crippen LogP) is 1.75. The minimum atomic E-state index is 0.757. The average molecular weight is 287 g/mol. The molecule has 1 atom stereocenters. The summed E-state index contributed by atoms with van der Waals surface area (Å²) in [5.74, 6) is 0. The van der Waals surface area contributed by atoms with Gasteiger partial charge in [0, 0.05) is 39.4 Å². The van der Waals surface area contributed by atoms with E-state index in [1.165, 1.54) is 32.4 Å². The van der Waals surface area contributed by atoms with Crippen LogP contribution in [0.15, 0.2) is 0 Å². The fourth-order valence-electron chi connectivity index (χ4n) is 2.45. The Morgan fingerprint density at radius 1 is 1.26 bits per heavy atom. The van der Waals surface area contributed by atoms with Gasteiger partial charge in [-0.3, -0.25) is 0 Å². The molecule has 0 aliphatic carbocycles. The van der Waals surface area contributed by atoms with Crippen LogP contribution in [0.25, 0.3) is 0 Å². The van der Waals surface area contributed by atoms with Gasteiger partial charge in [0.1, 0.15) is 0 Å². The van der Waals surface area contributed by atoms with Crippen LogP contribution in [0.1, 0.15) is 39.0 Å². The summed E-state index contributed by atoms with van der Waals surface area (Å²) in [6.07, 6.45) is 6.25. The van der Waals surface area contributed by atoms with Crippen molar-refractivity contribution in [3.63, 3.8) is 0 Å². The van der Waals surface area contributed by atoms with Crippen molar-refractivity contribution in [2.75, 3.05) is 39.9 Å². The van der Waals surface area contributed by atoms with Crippen LogP contribution < -0.4 is 10.6 Å². The molecule has 0 saturated carbocycles. The first-order valence-electron chi connectivity index (χ1n) is 7.48. The van der Waals surface area contributed by atoms with Gasteiger partial charge in [0.2, 0.25) is 0 Å². The number of nitrogens with one attached hydrogen (secondary N) is 2. The molecule has 4 nitrogen and oxygen atoms in total. The van der Waals surface area contributed by atoms with E-state index in [0.29, 0.717) is 0 Å². The van der Waals surface area contributed by atoms with E-state index in [2.05, 4.69) is 22.5 Å². The zero-order valence-electron chi connectivity index (χ0n) is 12.4. The zero-order chi connectivity index (χ0) is 13.9. The van der Waals surface area contributed by atoms with Gasteiger partial charge in [-0.1, -0.05) is 6.42 Å². The van der Waals surface area contributed by atoms with Crippen LogP contribution in [0, 0.1) is 0 Å². The first kappa shape index (κ1) is 16.7. The molecule has 1 saturated heterocycles. The molecule has 0 amide bonds. The van der Waals surface area contributed by atoms with Crippen molar-refractivity contribution in [3.05, 3.63) is 0 Å². The van der Waals surface area contributed by atoms with Crippen molar-refractivity contribution < 1.29 is 4.74 Å². The van der Waals surface area contributed by atoms with E-state index in [9.17, 15) is 0 Å². The number of likely N-dealkylation sites (tertiary alicyclic amines) is 1. The Morgan fingerprint density at radius 2 is 2.00 bits per heavy atom. The lowest BCUT2D eigenvalue weighted by molar-refractivity contribution is 0.159. The molecule has 0 radical (unpaired) electrons. The van der Waals surface area contributed by atoms with Crippen LogP contribution in [0.5, 0.6) is 0 Å². The van der Waals surface area contributed by atoms with Gasteiger partial charge in [0.05, 0.1) is 0 Å². The van der Waals surface area contributed by atoms with E-state index in [1.54, 1.807) is 7.11 Å². The highest BCUT2D eigenvalue weighted by Gasteiger charge is 2.16. The minimum absolute atomic E-state index is 0.757.